The van der Waals surface area contributed by atoms with Gasteiger partial charge in [-0.25, -0.2) is 13.2 Å². The Bertz CT molecular complexity index is 862. The largest absolute Gasteiger partial charge is 0.508 e. The van der Waals surface area contributed by atoms with E-state index < -0.39 is 9.84 Å². The summed E-state index contributed by atoms with van der Waals surface area (Å²) in [5, 5.41) is 15.1. The monoisotopic (exact) mass is 390 g/mol. The van der Waals surface area contributed by atoms with Crippen molar-refractivity contribution in [2.24, 2.45) is 0 Å². The average Bonchev–Trinajstić information content (AvgIpc) is 2.60. The number of nitrogens with one attached hydrogen (secondary N) is 2. The molecule has 2 rings (SSSR count). The number of sulfone groups is 1. The lowest BCUT2D eigenvalue weighted by molar-refractivity contribution is 0.234. The highest BCUT2D eigenvalue weighted by Gasteiger charge is 2.13. The molecule has 7 heteroatoms. The number of carbonyl (C=O) groups is 1. The van der Waals surface area contributed by atoms with Crippen LogP contribution in [-0.4, -0.2) is 31.9 Å². The van der Waals surface area contributed by atoms with Gasteiger partial charge < -0.3 is 15.7 Å². The maximum atomic E-state index is 12.2. The smallest absolute Gasteiger partial charge is 0.315 e. The zero-order valence-corrected chi connectivity index (χ0v) is 16.6. The molecule has 0 spiro atoms. The van der Waals surface area contributed by atoms with Crippen molar-refractivity contribution in [3.8, 4) is 5.75 Å². The van der Waals surface area contributed by atoms with Crippen molar-refractivity contribution in [3.63, 3.8) is 0 Å². The van der Waals surface area contributed by atoms with E-state index in [0.29, 0.717) is 0 Å². The first-order valence-electron chi connectivity index (χ1n) is 8.80. The number of amides is 2. The summed E-state index contributed by atoms with van der Waals surface area (Å²) >= 11 is 0. The molecular formula is C20H26N2O4S. The molecule has 2 aromatic carbocycles. The summed E-state index contributed by atoms with van der Waals surface area (Å²) in [4.78, 5) is 12.4. The van der Waals surface area contributed by atoms with E-state index in [1.807, 2.05) is 26.0 Å². The predicted molar refractivity (Wildman–Crippen MR) is 106 cm³/mol. The van der Waals surface area contributed by atoms with Crippen LogP contribution in [0.2, 0.25) is 0 Å². The van der Waals surface area contributed by atoms with Crippen LogP contribution in [0, 0.1) is 0 Å². The topological polar surface area (TPSA) is 95.5 Å². The summed E-state index contributed by atoms with van der Waals surface area (Å²) < 4.78 is 23.0. The summed E-state index contributed by atoms with van der Waals surface area (Å²) in [5.41, 5.74) is 1.93. The van der Waals surface area contributed by atoms with Crippen molar-refractivity contribution in [3.05, 3.63) is 59.7 Å². The Kier molecular flexibility index (Phi) is 6.85. The fourth-order valence-electron chi connectivity index (χ4n) is 2.67. The summed E-state index contributed by atoms with van der Waals surface area (Å²) in [6, 6.07) is 13.0. The molecule has 0 fully saturated rings. The molecular weight excluding hydrogens is 364 g/mol. The summed E-state index contributed by atoms with van der Waals surface area (Å²) in [5.74, 6) is 0.239. The molecule has 0 bridgehead atoms. The van der Waals surface area contributed by atoms with Gasteiger partial charge in [0.15, 0.2) is 9.84 Å². The van der Waals surface area contributed by atoms with Crippen LogP contribution in [0.3, 0.4) is 0 Å². The molecule has 0 heterocycles. The van der Waals surface area contributed by atoms with Crippen molar-refractivity contribution in [2.75, 3.05) is 6.26 Å². The Morgan fingerprint density at radius 1 is 1.00 bits per heavy atom. The SMILES string of the molecule is CC(CCc1ccc(O)cc1)NC(=O)NC(C)c1ccc(S(C)(=O)=O)cc1. The van der Waals surface area contributed by atoms with Gasteiger partial charge in [0, 0.05) is 12.3 Å². The minimum atomic E-state index is -3.23. The molecule has 2 unspecified atom stereocenters. The van der Waals surface area contributed by atoms with E-state index in [-0.39, 0.29) is 28.8 Å². The lowest BCUT2D eigenvalue weighted by Crippen LogP contribution is -2.41. The van der Waals surface area contributed by atoms with Crippen LogP contribution in [0.25, 0.3) is 0 Å². The molecule has 0 saturated heterocycles. The fourth-order valence-corrected chi connectivity index (χ4v) is 3.30. The minimum Gasteiger partial charge on any atom is -0.508 e. The average molecular weight is 391 g/mol. The lowest BCUT2D eigenvalue weighted by atomic mass is 10.1. The summed E-state index contributed by atoms with van der Waals surface area (Å²) in [6.07, 6.45) is 2.73. The van der Waals surface area contributed by atoms with Crippen LogP contribution in [0.1, 0.15) is 37.4 Å². The van der Waals surface area contributed by atoms with Crippen molar-refractivity contribution >= 4 is 15.9 Å². The Hall–Kier alpha value is -2.54. The van der Waals surface area contributed by atoms with Crippen molar-refractivity contribution in [2.45, 2.75) is 43.7 Å². The number of benzene rings is 2. The molecule has 6 nitrogen and oxygen atoms in total. The van der Waals surface area contributed by atoms with E-state index in [0.717, 1.165) is 30.2 Å². The van der Waals surface area contributed by atoms with Gasteiger partial charge in [-0.15, -0.1) is 0 Å². The number of aryl methyl sites for hydroxylation is 1. The summed E-state index contributed by atoms with van der Waals surface area (Å²) in [6.45, 7) is 3.78. The molecule has 0 aromatic heterocycles. The second-order valence-electron chi connectivity index (χ2n) is 6.79. The van der Waals surface area contributed by atoms with Gasteiger partial charge in [-0.3, -0.25) is 0 Å². The zero-order chi connectivity index (χ0) is 20.0. The maximum absolute atomic E-state index is 12.2. The molecule has 0 aliphatic carbocycles. The molecule has 146 valence electrons. The second kappa shape index (κ2) is 8.90. The van der Waals surface area contributed by atoms with Gasteiger partial charge in [0.2, 0.25) is 0 Å². The van der Waals surface area contributed by atoms with E-state index in [2.05, 4.69) is 10.6 Å². The van der Waals surface area contributed by atoms with Gasteiger partial charge in [0.25, 0.3) is 0 Å². The Morgan fingerprint density at radius 3 is 2.15 bits per heavy atom. The van der Waals surface area contributed by atoms with Gasteiger partial charge >= 0.3 is 6.03 Å². The Labute approximate surface area is 160 Å². The molecule has 0 radical (unpaired) electrons. The highest BCUT2D eigenvalue weighted by Crippen LogP contribution is 2.16. The maximum Gasteiger partial charge on any atom is 0.315 e. The first-order valence-corrected chi connectivity index (χ1v) is 10.7. The van der Waals surface area contributed by atoms with Crippen LogP contribution < -0.4 is 10.6 Å². The third-order valence-electron chi connectivity index (χ3n) is 4.34. The van der Waals surface area contributed by atoms with Crippen LogP contribution in [0.5, 0.6) is 5.75 Å². The van der Waals surface area contributed by atoms with Gasteiger partial charge in [-0.05, 0) is 62.1 Å². The quantitative estimate of drug-likeness (QED) is 0.677. The van der Waals surface area contributed by atoms with E-state index in [4.69, 9.17) is 0 Å². The number of hydrogen-bond acceptors (Lipinski definition) is 4. The lowest BCUT2D eigenvalue weighted by Gasteiger charge is -2.19. The van der Waals surface area contributed by atoms with E-state index in [1.54, 1.807) is 36.4 Å². The minimum absolute atomic E-state index is 0.0152. The first kappa shape index (κ1) is 20.8. The van der Waals surface area contributed by atoms with E-state index in [1.165, 1.54) is 0 Å². The van der Waals surface area contributed by atoms with Crippen LogP contribution in [0.4, 0.5) is 4.79 Å². The van der Waals surface area contributed by atoms with E-state index >= 15 is 0 Å². The molecule has 27 heavy (non-hydrogen) atoms. The third-order valence-corrected chi connectivity index (χ3v) is 5.46. The standard InChI is InChI=1S/C20H26N2O4S/c1-14(4-5-16-6-10-18(23)11-7-16)21-20(24)22-15(2)17-8-12-19(13-9-17)27(3,25)26/h6-15,23H,4-5H2,1-3H3,(H2,21,22,24). The number of aromatic hydroxyl groups is 1. The van der Waals surface area contributed by atoms with E-state index in [9.17, 15) is 18.3 Å². The predicted octanol–water partition coefficient (Wildman–Crippen LogP) is 3.18. The molecule has 2 aromatic rings. The molecule has 0 aliphatic heterocycles. The van der Waals surface area contributed by atoms with Gasteiger partial charge in [0.1, 0.15) is 5.75 Å². The second-order valence-corrected chi connectivity index (χ2v) is 8.80. The van der Waals surface area contributed by atoms with Crippen molar-refractivity contribution in [1.29, 1.82) is 0 Å². The van der Waals surface area contributed by atoms with Gasteiger partial charge in [0.05, 0.1) is 10.9 Å². The normalized spacial score (nSPS) is 13.6. The van der Waals surface area contributed by atoms with Crippen LogP contribution in [-0.2, 0) is 16.3 Å². The fraction of sp³-hybridized carbons (Fsp3) is 0.350. The van der Waals surface area contributed by atoms with Crippen LogP contribution >= 0.6 is 0 Å². The number of hydrogen-bond donors (Lipinski definition) is 3. The molecule has 3 N–H and O–H groups in total. The highest BCUT2D eigenvalue weighted by atomic mass is 32.2. The number of phenolic OH excluding ortho intramolecular Hbond substituents is 1. The zero-order valence-electron chi connectivity index (χ0n) is 15.8. The summed E-state index contributed by atoms with van der Waals surface area (Å²) in [7, 11) is -3.23. The Morgan fingerprint density at radius 2 is 1.59 bits per heavy atom. The van der Waals surface area contributed by atoms with Gasteiger partial charge in [-0.1, -0.05) is 24.3 Å². The molecule has 2 amide bonds. The highest BCUT2D eigenvalue weighted by molar-refractivity contribution is 7.90. The molecule has 0 aliphatic rings. The number of urea groups is 1. The molecule has 2 atom stereocenters. The van der Waals surface area contributed by atoms with Crippen molar-refractivity contribution < 1.29 is 18.3 Å². The number of rotatable bonds is 7. The Balaban J connectivity index is 1.82. The van der Waals surface area contributed by atoms with Gasteiger partial charge in [-0.2, -0.15) is 0 Å². The number of phenols is 1. The number of carbonyl (C=O) groups excluding carboxylic acids is 1. The third kappa shape index (κ3) is 6.60. The van der Waals surface area contributed by atoms with Crippen molar-refractivity contribution in [1.82, 2.24) is 10.6 Å². The first-order chi connectivity index (χ1) is 12.6. The van der Waals surface area contributed by atoms with Crippen LogP contribution in [0.15, 0.2) is 53.4 Å². The molecule has 0 saturated carbocycles.